The molecule has 3 rings (SSSR count). The van der Waals surface area contributed by atoms with Crippen LogP contribution >= 0.6 is 0 Å². The number of hydrogen-bond acceptors (Lipinski definition) is 6. The van der Waals surface area contributed by atoms with Crippen molar-refractivity contribution in [2.24, 2.45) is 22.8 Å². The van der Waals surface area contributed by atoms with Crippen molar-refractivity contribution in [1.29, 1.82) is 0 Å². The summed E-state index contributed by atoms with van der Waals surface area (Å²) >= 11 is 0. The van der Waals surface area contributed by atoms with Crippen LogP contribution < -0.4 is 21.5 Å². The number of rotatable bonds is 16. The fourth-order valence-corrected chi connectivity index (χ4v) is 5.92. The number of methoxy groups -OCH3 is 1. The minimum absolute atomic E-state index is 0.0968. The molecule has 2 aromatic carbocycles. The summed E-state index contributed by atoms with van der Waals surface area (Å²) in [7, 11) is 1.53. The highest BCUT2D eigenvalue weighted by Crippen LogP contribution is 2.45. The Kier molecular flexibility index (Phi) is 12.6. The maximum absolute atomic E-state index is 13.8. The third-order valence-electron chi connectivity index (χ3n) is 8.17. The molecule has 0 spiro atoms. The Balaban J connectivity index is 2.08. The van der Waals surface area contributed by atoms with Crippen molar-refractivity contribution in [2.75, 3.05) is 26.7 Å². The molecular formula is C34H43F3N4O5. The van der Waals surface area contributed by atoms with E-state index in [0.717, 1.165) is 17.7 Å². The molecule has 1 unspecified atom stereocenters. The van der Waals surface area contributed by atoms with Crippen LogP contribution in [-0.4, -0.2) is 60.6 Å². The predicted octanol–water partition coefficient (Wildman–Crippen LogP) is 3.89. The zero-order valence-electron chi connectivity index (χ0n) is 26.4. The number of ether oxygens (including phenoxy) is 1. The number of alkyl halides is 3. The van der Waals surface area contributed by atoms with Crippen LogP contribution in [0.2, 0.25) is 0 Å². The Bertz CT molecular complexity index is 1450. The van der Waals surface area contributed by atoms with Crippen LogP contribution in [0, 0.1) is 11.3 Å². The number of hydrogen-bond donors (Lipinski definition) is 4. The average Bonchev–Trinajstić information content (AvgIpc) is 3.02. The van der Waals surface area contributed by atoms with E-state index in [4.69, 9.17) is 16.2 Å². The summed E-state index contributed by atoms with van der Waals surface area (Å²) < 4.78 is 46.2. The lowest BCUT2D eigenvalue weighted by Crippen LogP contribution is -2.52. The van der Waals surface area contributed by atoms with E-state index in [9.17, 15) is 32.7 Å². The molecule has 0 bridgehead atoms. The molecule has 0 saturated heterocycles. The van der Waals surface area contributed by atoms with Crippen LogP contribution in [0.5, 0.6) is 5.75 Å². The number of nitrogens with one attached hydrogen (secondary N) is 1. The summed E-state index contributed by atoms with van der Waals surface area (Å²) in [6, 6.07) is 11.8. The molecule has 3 atom stereocenters. The highest BCUT2D eigenvalue weighted by Gasteiger charge is 2.49. The van der Waals surface area contributed by atoms with Gasteiger partial charge in [0.2, 0.25) is 17.7 Å². The number of aliphatic hydroxyl groups is 1. The van der Waals surface area contributed by atoms with E-state index >= 15 is 0 Å². The van der Waals surface area contributed by atoms with E-state index in [2.05, 4.69) is 5.32 Å². The number of aliphatic hydroxyl groups excluding tert-OH is 1. The molecule has 250 valence electrons. The van der Waals surface area contributed by atoms with Crippen LogP contribution in [-0.2, 0) is 33.5 Å². The SMILES string of the molecule is CCCN(CCC)C(=O)C1=CC(C(N)=O)=CC(C(N)=O)([C@H](Cc2cccc(C(F)(F)F)c2)[C@@H](O)CNCc2cccc(OC)c2)C1. The smallest absolute Gasteiger partial charge is 0.416 e. The quantitative estimate of drug-likeness (QED) is 0.218. The van der Waals surface area contributed by atoms with Crippen LogP contribution in [0.4, 0.5) is 13.2 Å². The zero-order valence-corrected chi connectivity index (χ0v) is 26.4. The minimum atomic E-state index is -4.63. The molecule has 6 N–H and O–H groups in total. The van der Waals surface area contributed by atoms with Gasteiger partial charge in [0, 0.05) is 43.2 Å². The van der Waals surface area contributed by atoms with Crippen molar-refractivity contribution in [2.45, 2.75) is 58.4 Å². The van der Waals surface area contributed by atoms with E-state index in [0.29, 0.717) is 38.2 Å². The summed E-state index contributed by atoms with van der Waals surface area (Å²) in [4.78, 5) is 41.4. The number of carbonyl (C=O) groups excluding carboxylic acids is 3. The van der Waals surface area contributed by atoms with Gasteiger partial charge in [-0.05, 0) is 61.1 Å². The van der Waals surface area contributed by atoms with Gasteiger partial charge in [0.15, 0.2) is 0 Å². The Hall–Kier alpha value is -4.16. The highest BCUT2D eigenvalue weighted by molar-refractivity contribution is 6.03. The van der Waals surface area contributed by atoms with E-state index < -0.39 is 46.9 Å². The molecule has 0 fully saturated rings. The Morgan fingerprint density at radius 3 is 2.28 bits per heavy atom. The summed E-state index contributed by atoms with van der Waals surface area (Å²) in [6.45, 7) is 4.87. The van der Waals surface area contributed by atoms with Crippen molar-refractivity contribution in [3.05, 3.63) is 88.5 Å². The van der Waals surface area contributed by atoms with Gasteiger partial charge in [-0.15, -0.1) is 0 Å². The van der Waals surface area contributed by atoms with E-state index in [1.807, 2.05) is 19.9 Å². The van der Waals surface area contributed by atoms with Gasteiger partial charge in [0.05, 0.1) is 24.2 Å². The average molecular weight is 645 g/mol. The van der Waals surface area contributed by atoms with Crippen molar-refractivity contribution >= 4 is 17.7 Å². The molecule has 12 heteroatoms. The molecule has 0 heterocycles. The molecule has 1 aliphatic rings. The third kappa shape index (κ3) is 8.97. The first-order valence-corrected chi connectivity index (χ1v) is 15.3. The first-order chi connectivity index (χ1) is 21.7. The largest absolute Gasteiger partial charge is 0.497 e. The maximum atomic E-state index is 13.8. The molecular weight excluding hydrogens is 601 g/mol. The topological polar surface area (TPSA) is 148 Å². The van der Waals surface area contributed by atoms with E-state index in [1.165, 1.54) is 31.4 Å². The molecule has 0 aromatic heterocycles. The Labute approximate surface area is 267 Å². The zero-order chi connectivity index (χ0) is 34.1. The van der Waals surface area contributed by atoms with Crippen LogP contribution in [0.15, 0.2) is 71.8 Å². The van der Waals surface area contributed by atoms with Gasteiger partial charge in [-0.1, -0.05) is 50.3 Å². The first kappa shape index (κ1) is 36.3. The van der Waals surface area contributed by atoms with Gasteiger partial charge in [0.1, 0.15) is 5.75 Å². The molecule has 0 aliphatic heterocycles. The second kappa shape index (κ2) is 15.9. The number of halogens is 3. The number of carbonyl (C=O) groups is 3. The lowest BCUT2D eigenvalue weighted by atomic mass is 9.63. The van der Waals surface area contributed by atoms with Crippen molar-refractivity contribution in [3.8, 4) is 5.75 Å². The van der Waals surface area contributed by atoms with Gasteiger partial charge in [0.25, 0.3) is 0 Å². The lowest BCUT2D eigenvalue weighted by Gasteiger charge is -2.42. The van der Waals surface area contributed by atoms with Gasteiger partial charge < -0.3 is 31.5 Å². The van der Waals surface area contributed by atoms with E-state index in [1.54, 1.807) is 23.1 Å². The first-order valence-electron chi connectivity index (χ1n) is 15.3. The van der Waals surface area contributed by atoms with Crippen LogP contribution in [0.3, 0.4) is 0 Å². The van der Waals surface area contributed by atoms with Gasteiger partial charge in [-0.25, -0.2) is 0 Å². The van der Waals surface area contributed by atoms with Crippen molar-refractivity contribution in [1.82, 2.24) is 10.2 Å². The van der Waals surface area contributed by atoms with Crippen LogP contribution in [0.1, 0.15) is 49.8 Å². The molecule has 0 radical (unpaired) electrons. The summed E-state index contributed by atoms with van der Waals surface area (Å²) in [5.41, 5.74) is 9.95. The van der Waals surface area contributed by atoms with E-state index in [-0.39, 0.29) is 36.1 Å². The number of benzene rings is 2. The summed E-state index contributed by atoms with van der Waals surface area (Å²) in [5.74, 6) is -2.82. The normalized spacial score (nSPS) is 17.8. The summed E-state index contributed by atoms with van der Waals surface area (Å²) in [5, 5.41) is 14.8. The van der Waals surface area contributed by atoms with Gasteiger partial charge in [-0.3, -0.25) is 14.4 Å². The minimum Gasteiger partial charge on any atom is -0.497 e. The number of nitrogens with zero attached hydrogens (tertiary/aromatic N) is 1. The van der Waals surface area contributed by atoms with Gasteiger partial charge in [-0.2, -0.15) is 13.2 Å². The molecule has 2 aromatic rings. The second-order valence-corrected chi connectivity index (χ2v) is 11.6. The van der Waals surface area contributed by atoms with Crippen LogP contribution in [0.25, 0.3) is 0 Å². The van der Waals surface area contributed by atoms with Crippen molar-refractivity contribution in [3.63, 3.8) is 0 Å². The molecule has 46 heavy (non-hydrogen) atoms. The lowest BCUT2D eigenvalue weighted by molar-refractivity contribution is -0.138. The predicted molar refractivity (Wildman–Crippen MR) is 168 cm³/mol. The standard InChI is InChI=1S/C34H43F3N4O5/c1-4-12-41(13-5-2)31(44)25-17-24(30(38)43)18-33(19-25,32(39)45)28(16-22-8-6-10-26(14-22)34(35,36)37)29(42)21-40-20-23-9-7-11-27(15-23)46-3/h6-11,14-15,17-18,28-29,40,42H,4-5,12-13,16,19-21H2,1-3H3,(H2,38,43)(H2,39,45)/t28-,29+,33?/m1/s1. The Morgan fingerprint density at radius 2 is 1.70 bits per heavy atom. The molecule has 0 saturated carbocycles. The molecule has 3 amide bonds. The highest BCUT2D eigenvalue weighted by atomic mass is 19.4. The monoisotopic (exact) mass is 644 g/mol. The fraction of sp³-hybridized carbons (Fsp3) is 0.441. The van der Waals surface area contributed by atoms with Gasteiger partial charge >= 0.3 is 6.18 Å². The fourth-order valence-electron chi connectivity index (χ4n) is 5.92. The summed E-state index contributed by atoms with van der Waals surface area (Å²) in [6.07, 6.45) is -2.58. The molecule has 1 aliphatic carbocycles. The third-order valence-corrected chi connectivity index (χ3v) is 8.17. The maximum Gasteiger partial charge on any atom is 0.416 e. The number of amides is 3. The Morgan fingerprint density at radius 1 is 1.04 bits per heavy atom. The number of primary amides is 2. The molecule has 9 nitrogen and oxygen atoms in total. The second-order valence-electron chi connectivity index (χ2n) is 11.6. The van der Waals surface area contributed by atoms with Crippen molar-refractivity contribution < 1.29 is 37.4 Å². The number of nitrogens with two attached hydrogens (primary N) is 2.